The number of nitrogens with zero attached hydrogens (tertiary/aromatic N) is 3. The lowest BCUT2D eigenvalue weighted by atomic mass is 10.2. The van der Waals surface area contributed by atoms with Gasteiger partial charge in [0.2, 0.25) is 0 Å². The van der Waals surface area contributed by atoms with E-state index in [9.17, 15) is 0 Å². The highest BCUT2D eigenvalue weighted by Crippen LogP contribution is 2.16. The van der Waals surface area contributed by atoms with Crippen LogP contribution in [-0.4, -0.2) is 29.3 Å². The van der Waals surface area contributed by atoms with E-state index in [1.165, 1.54) is 15.4 Å². The van der Waals surface area contributed by atoms with E-state index in [1.807, 2.05) is 25.3 Å². The summed E-state index contributed by atoms with van der Waals surface area (Å²) in [4.78, 5) is 7.07. The smallest absolute Gasteiger partial charge is 0.191 e. The maximum absolute atomic E-state index is 4.53. The van der Waals surface area contributed by atoms with Gasteiger partial charge in [0.25, 0.3) is 0 Å². The minimum Gasteiger partial charge on any atom is -0.356 e. The second kappa shape index (κ2) is 8.87. The van der Waals surface area contributed by atoms with Crippen molar-refractivity contribution in [2.45, 2.75) is 47.2 Å². The summed E-state index contributed by atoms with van der Waals surface area (Å²) >= 11 is 1.86. The molecule has 2 aromatic heterocycles. The van der Waals surface area contributed by atoms with Crippen LogP contribution in [-0.2, 0) is 19.5 Å². The number of aryl methyl sites for hydroxylation is 3. The molecule has 0 aliphatic carbocycles. The van der Waals surface area contributed by atoms with Crippen LogP contribution in [0.4, 0.5) is 0 Å². The van der Waals surface area contributed by atoms with E-state index in [0.717, 1.165) is 37.7 Å². The van der Waals surface area contributed by atoms with Crippen LogP contribution in [0.25, 0.3) is 0 Å². The molecule has 5 nitrogen and oxygen atoms in total. The number of aliphatic imine (C=N–C) groups is 1. The molecule has 0 spiro atoms. The van der Waals surface area contributed by atoms with E-state index >= 15 is 0 Å². The van der Waals surface area contributed by atoms with Gasteiger partial charge < -0.3 is 10.6 Å². The fourth-order valence-corrected chi connectivity index (χ4v) is 3.49. The van der Waals surface area contributed by atoms with Gasteiger partial charge in [-0.05, 0) is 44.4 Å². The first-order valence-electron chi connectivity index (χ1n) is 8.55. The Bertz CT molecular complexity index is 671. The summed E-state index contributed by atoms with van der Waals surface area (Å²) in [6.45, 7) is 11.1. The Labute approximate surface area is 149 Å². The molecule has 0 aromatic carbocycles. The van der Waals surface area contributed by atoms with Gasteiger partial charge in [-0.2, -0.15) is 5.10 Å². The predicted octanol–water partition coefficient (Wildman–Crippen LogP) is 3.13. The molecule has 2 heterocycles. The van der Waals surface area contributed by atoms with Gasteiger partial charge >= 0.3 is 0 Å². The van der Waals surface area contributed by atoms with Crippen LogP contribution in [0.2, 0.25) is 0 Å². The molecule has 0 saturated carbocycles. The SMILES string of the molecule is CCc1ccc(CNC(=NC)NCC(C)Cn2nc(C)cc2C)s1. The maximum atomic E-state index is 4.53. The fourth-order valence-electron chi connectivity index (χ4n) is 2.59. The summed E-state index contributed by atoms with van der Waals surface area (Å²) in [7, 11) is 1.81. The van der Waals surface area contributed by atoms with Crippen LogP contribution in [0.1, 0.15) is 35.0 Å². The lowest BCUT2D eigenvalue weighted by molar-refractivity contribution is 0.436. The third-order valence-electron chi connectivity index (χ3n) is 3.93. The average molecular weight is 348 g/mol. The Kier molecular flexibility index (Phi) is 6.85. The molecule has 6 heteroatoms. The zero-order valence-electron chi connectivity index (χ0n) is 15.4. The molecule has 0 saturated heterocycles. The number of hydrogen-bond donors (Lipinski definition) is 2. The molecule has 2 rings (SSSR count). The van der Waals surface area contributed by atoms with Crippen molar-refractivity contribution >= 4 is 17.3 Å². The Morgan fingerprint density at radius 2 is 2.04 bits per heavy atom. The molecule has 0 radical (unpaired) electrons. The highest BCUT2D eigenvalue weighted by molar-refractivity contribution is 7.11. The van der Waals surface area contributed by atoms with Crippen LogP contribution in [0.15, 0.2) is 23.2 Å². The van der Waals surface area contributed by atoms with Crippen molar-refractivity contribution in [3.63, 3.8) is 0 Å². The van der Waals surface area contributed by atoms with Crippen LogP contribution in [0.5, 0.6) is 0 Å². The number of guanidine groups is 1. The highest BCUT2D eigenvalue weighted by Gasteiger charge is 2.08. The van der Waals surface area contributed by atoms with Gasteiger partial charge in [0.15, 0.2) is 5.96 Å². The molecule has 1 atom stereocenters. The van der Waals surface area contributed by atoms with E-state index in [1.54, 1.807) is 0 Å². The number of nitrogens with one attached hydrogen (secondary N) is 2. The van der Waals surface area contributed by atoms with E-state index < -0.39 is 0 Å². The number of thiophene rings is 1. The summed E-state index contributed by atoms with van der Waals surface area (Å²) in [6.07, 6.45) is 1.10. The number of rotatable bonds is 7. The molecule has 132 valence electrons. The van der Waals surface area contributed by atoms with Crippen molar-refractivity contribution in [3.05, 3.63) is 39.3 Å². The minimum atomic E-state index is 0.468. The topological polar surface area (TPSA) is 54.2 Å². The summed E-state index contributed by atoms with van der Waals surface area (Å²) in [5.74, 6) is 1.32. The van der Waals surface area contributed by atoms with E-state index in [4.69, 9.17) is 0 Å². The monoisotopic (exact) mass is 347 g/mol. The maximum Gasteiger partial charge on any atom is 0.191 e. The molecule has 2 aromatic rings. The summed E-state index contributed by atoms with van der Waals surface area (Å²) < 4.78 is 2.08. The zero-order chi connectivity index (χ0) is 17.5. The van der Waals surface area contributed by atoms with Crippen molar-refractivity contribution in [1.82, 2.24) is 20.4 Å². The first kappa shape index (κ1) is 18.5. The van der Waals surface area contributed by atoms with Gasteiger partial charge in [-0.3, -0.25) is 9.67 Å². The van der Waals surface area contributed by atoms with Gasteiger partial charge in [0.05, 0.1) is 12.2 Å². The van der Waals surface area contributed by atoms with Gasteiger partial charge in [0.1, 0.15) is 0 Å². The molecule has 2 N–H and O–H groups in total. The van der Waals surface area contributed by atoms with Crippen LogP contribution >= 0.6 is 11.3 Å². The molecule has 0 bridgehead atoms. The van der Waals surface area contributed by atoms with E-state index in [0.29, 0.717) is 5.92 Å². The molecular formula is C18H29N5S. The van der Waals surface area contributed by atoms with Crippen molar-refractivity contribution in [2.75, 3.05) is 13.6 Å². The summed E-state index contributed by atoms with van der Waals surface area (Å²) in [6, 6.07) is 6.51. The normalized spacial score (nSPS) is 13.1. The van der Waals surface area contributed by atoms with Crippen molar-refractivity contribution in [2.24, 2.45) is 10.9 Å². The molecule has 24 heavy (non-hydrogen) atoms. The quantitative estimate of drug-likeness (QED) is 0.598. The van der Waals surface area contributed by atoms with Crippen molar-refractivity contribution in [1.29, 1.82) is 0 Å². The molecule has 0 aliphatic rings. The van der Waals surface area contributed by atoms with Gasteiger partial charge in [-0.15, -0.1) is 11.3 Å². The van der Waals surface area contributed by atoms with Gasteiger partial charge in [-0.25, -0.2) is 0 Å². The lowest BCUT2D eigenvalue weighted by Crippen LogP contribution is -2.39. The average Bonchev–Trinajstić information content (AvgIpc) is 3.14. The number of hydrogen-bond acceptors (Lipinski definition) is 3. The van der Waals surface area contributed by atoms with Crippen molar-refractivity contribution < 1.29 is 0 Å². The Morgan fingerprint density at radius 3 is 2.62 bits per heavy atom. The molecule has 0 aliphatic heterocycles. The van der Waals surface area contributed by atoms with E-state index in [-0.39, 0.29) is 0 Å². The van der Waals surface area contributed by atoms with Crippen LogP contribution in [0.3, 0.4) is 0 Å². The summed E-state index contributed by atoms with van der Waals surface area (Å²) in [5.41, 5.74) is 2.29. The van der Waals surface area contributed by atoms with Crippen LogP contribution in [0, 0.1) is 19.8 Å². The molecule has 1 unspecified atom stereocenters. The third kappa shape index (κ3) is 5.37. The zero-order valence-corrected chi connectivity index (χ0v) is 16.2. The first-order chi connectivity index (χ1) is 11.5. The van der Waals surface area contributed by atoms with Gasteiger partial charge in [-0.1, -0.05) is 13.8 Å². The highest BCUT2D eigenvalue weighted by atomic mass is 32.1. The predicted molar refractivity (Wildman–Crippen MR) is 103 cm³/mol. The minimum absolute atomic E-state index is 0.468. The molecular weight excluding hydrogens is 318 g/mol. The fraction of sp³-hybridized carbons (Fsp3) is 0.556. The molecule has 0 amide bonds. The molecule has 0 fully saturated rings. The first-order valence-corrected chi connectivity index (χ1v) is 9.36. The standard InChI is InChI=1S/C18H29N5S/c1-6-16-7-8-17(24-16)11-21-18(19-5)20-10-13(2)12-23-15(4)9-14(3)22-23/h7-9,13H,6,10-12H2,1-5H3,(H2,19,20,21). The van der Waals surface area contributed by atoms with Crippen molar-refractivity contribution in [3.8, 4) is 0 Å². The Hall–Kier alpha value is -1.82. The van der Waals surface area contributed by atoms with Crippen LogP contribution < -0.4 is 10.6 Å². The second-order valence-corrected chi connectivity index (χ2v) is 7.50. The van der Waals surface area contributed by atoms with Gasteiger partial charge in [0, 0.05) is 35.6 Å². The largest absolute Gasteiger partial charge is 0.356 e. The Morgan fingerprint density at radius 1 is 1.29 bits per heavy atom. The second-order valence-electron chi connectivity index (χ2n) is 6.24. The Balaban J connectivity index is 1.77. The summed E-state index contributed by atoms with van der Waals surface area (Å²) in [5, 5.41) is 11.3. The third-order valence-corrected chi connectivity index (χ3v) is 5.15. The number of aromatic nitrogens is 2. The lowest BCUT2D eigenvalue weighted by Gasteiger charge is -2.16. The van der Waals surface area contributed by atoms with E-state index in [2.05, 4.69) is 64.4 Å².